The molecular weight excluding hydrogens is 450 g/mol. The van der Waals surface area contributed by atoms with Crippen LogP contribution in [0.5, 0.6) is 0 Å². The smallest absolute Gasteiger partial charge is 0.324 e. The van der Waals surface area contributed by atoms with E-state index in [0.29, 0.717) is 23.2 Å². The summed E-state index contributed by atoms with van der Waals surface area (Å²) in [5.74, 6) is -0.937. The van der Waals surface area contributed by atoms with Crippen molar-refractivity contribution in [2.24, 2.45) is 0 Å². The van der Waals surface area contributed by atoms with Gasteiger partial charge in [-0.15, -0.1) is 0 Å². The second-order valence-electron chi connectivity index (χ2n) is 8.67. The van der Waals surface area contributed by atoms with Gasteiger partial charge in [0.25, 0.3) is 5.91 Å². The molecule has 0 atom stereocenters. The van der Waals surface area contributed by atoms with Crippen LogP contribution in [0.15, 0.2) is 115 Å². The van der Waals surface area contributed by atoms with Crippen molar-refractivity contribution >= 4 is 23.5 Å². The Morgan fingerprint density at radius 3 is 1.86 bits per heavy atom. The van der Waals surface area contributed by atoms with Gasteiger partial charge in [-0.25, -0.2) is 4.79 Å². The number of nitrogens with zero attached hydrogens (tertiary/aromatic N) is 1. The molecule has 6 heteroatoms. The lowest BCUT2D eigenvalue weighted by Gasteiger charge is -2.28. The van der Waals surface area contributed by atoms with Gasteiger partial charge >= 0.3 is 6.03 Å². The molecule has 1 heterocycles. The van der Waals surface area contributed by atoms with Gasteiger partial charge in [-0.2, -0.15) is 0 Å². The zero-order chi connectivity index (χ0) is 25.0. The molecule has 4 amide bonds. The molecule has 4 aromatic carbocycles. The van der Waals surface area contributed by atoms with Crippen LogP contribution in [-0.2, 0) is 21.5 Å². The second-order valence-corrected chi connectivity index (χ2v) is 8.67. The van der Waals surface area contributed by atoms with E-state index in [1.807, 2.05) is 91.0 Å². The van der Waals surface area contributed by atoms with E-state index in [1.54, 1.807) is 24.3 Å². The SMILES string of the molecule is O=C(CN1C(=O)NC(c2ccccc2)(c2ccccc2)C1=O)Nc1ccccc1Cc1ccccc1. The number of para-hydroxylation sites is 1. The quantitative estimate of drug-likeness (QED) is 0.380. The standard InChI is InChI=1S/C30H25N3O3/c34-27(31-26-19-11-10-14-23(26)20-22-12-4-1-5-13-22)21-33-28(35)30(32-29(33)36,24-15-6-2-7-16-24)25-17-8-3-9-18-25/h1-19H,20-21H2,(H,31,34)(H,32,36). The Balaban J connectivity index is 1.39. The van der Waals surface area contributed by atoms with Gasteiger partial charge in [-0.1, -0.05) is 109 Å². The molecule has 1 aliphatic rings. The lowest BCUT2D eigenvalue weighted by molar-refractivity contribution is -0.133. The number of nitrogens with one attached hydrogen (secondary N) is 2. The molecule has 0 spiro atoms. The van der Waals surface area contributed by atoms with E-state index in [4.69, 9.17) is 0 Å². The molecule has 6 nitrogen and oxygen atoms in total. The number of carbonyl (C=O) groups excluding carboxylic acids is 3. The van der Waals surface area contributed by atoms with Crippen molar-refractivity contribution in [2.45, 2.75) is 12.0 Å². The molecule has 1 fully saturated rings. The van der Waals surface area contributed by atoms with Crippen LogP contribution in [-0.4, -0.2) is 29.3 Å². The van der Waals surface area contributed by atoms with Gasteiger partial charge < -0.3 is 10.6 Å². The molecule has 1 aliphatic heterocycles. The molecule has 36 heavy (non-hydrogen) atoms. The number of rotatable bonds is 7. The van der Waals surface area contributed by atoms with Crippen molar-refractivity contribution in [1.82, 2.24) is 10.2 Å². The van der Waals surface area contributed by atoms with E-state index in [9.17, 15) is 14.4 Å². The highest BCUT2D eigenvalue weighted by Crippen LogP contribution is 2.36. The average Bonchev–Trinajstić information content (AvgIpc) is 3.17. The van der Waals surface area contributed by atoms with Crippen LogP contribution in [0.2, 0.25) is 0 Å². The fourth-order valence-electron chi connectivity index (χ4n) is 4.60. The summed E-state index contributed by atoms with van der Waals surface area (Å²) in [5.41, 5.74) is 2.57. The van der Waals surface area contributed by atoms with Crippen molar-refractivity contribution in [3.63, 3.8) is 0 Å². The van der Waals surface area contributed by atoms with Crippen molar-refractivity contribution in [3.8, 4) is 0 Å². The summed E-state index contributed by atoms with van der Waals surface area (Å²) >= 11 is 0. The third-order valence-electron chi connectivity index (χ3n) is 6.35. The van der Waals surface area contributed by atoms with Crippen LogP contribution < -0.4 is 10.6 Å². The number of imide groups is 1. The maximum atomic E-state index is 13.8. The lowest BCUT2D eigenvalue weighted by atomic mass is 9.82. The summed E-state index contributed by atoms with van der Waals surface area (Å²) in [4.78, 5) is 40.9. The average molecular weight is 476 g/mol. The van der Waals surface area contributed by atoms with E-state index in [-0.39, 0.29) is 0 Å². The maximum absolute atomic E-state index is 13.8. The Kier molecular flexibility index (Phi) is 6.33. The van der Waals surface area contributed by atoms with Crippen LogP contribution >= 0.6 is 0 Å². The number of anilines is 1. The molecule has 0 radical (unpaired) electrons. The Bertz CT molecular complexity index is 1350. The highest BCUT2D eigenvalue weighted by Gasteiger charge is 2.54. The highest BCUT2D eigenvalue weighted by molar-refractivity contribution is 6.12. The fraction of sp³-hybridized carbons (Fsp3) is 0.100. The maximum Gasteiger partial charge on any atom is 0.326 e. The molecule has 0 unspecified atom stereocenters. The predicted molar refractivity (Wildman–Crippen MR) is 138 cm³/mol. The van der Waals surface area contributed by atoms with Gasteiger partial charge in [0.2, 0.25) is 5.91 Å². The second kappa shape index (κ2) is 9.88. The van der Waals surface area contributed by atoms with Gasteiger partial charge in [0.15, 0.2) is 5.54 Å². The molecule has 0 aromatic heterocycles. The normalized spacial score (nSPS) is 14.4. The molecule has 178 valence electrons. The van der Waals surface area contributed by atoms with E-state index < -0.39 is 29.9 Å². The van der Waals surface area contributed by atoms with Crippen molar-refractivity contribution in [3.05, 3.63) is 138 Å². The molecule has 2 N–H and O–H groups in total. The van der Waals surface area contributed by atoms with Gasteiger partial charge in [-0.3, -0.25) is 14.5 Å². The summed E-state index contributed by atoms with van der Waals surface area (Å²) in [6.07, 6.45) is 0.644. The lowest BCUT2D eigenvalue weighted by Crippen LogP contribution is -2.45. The van der Waals surface area contributed by atoms with Crippen LogP contribution in [0.3, 0.4) is 0 Å². The summed E-state index contributed by atoms with van der Waals surface area (Å²) in [7, 11) is 0. The van der Waals surface area contributed by atoms with Crippen LogP contribution in [0.1, 0.15) is 22.3 Å². The number of hydrogen-bond donors (Lipinski definition) is 2. The van der Waals surface area contributed by atoms with E-state index in [0.717, 1.165) is 16.0 Å². The number of urea groups is 1. The first-order valence-electron chi connectivity index (χ1n) is 11.7. The first-order chi connectivity index (χ1) is 17.6. The topological polar surface area (TPSA) is 78.5 Å². The molecule has 0 aliphatic carbocycles. The van der Waals surface area contributed by atoms with Gasteiger partial charge in [0.1, 0.15) is 6.54 Å². The zero-order valence-electron chi connectivity index (χ0n) is 19.6. The van der Waals surface area contributed by atoms with Gasteiger partial charge in [-0.05, 0) is 34.7 Å². The third kappa shape index (κ3) is 4.36. The summed E-state index contributed by atoms with van der Waals surface area (Å²) in [5, 5.41) is 5.76. The van der Waals surface area contributed by atoms with Gasteiger partial charge in [0.05, 0.1) is 0 Å². The molecule has 0 saturated carbocycles. The minimum Gasteiger partial charge on any atom is -0.324 e. The van der Waals surface area contributed by atoms with E-state index >= 15 is 0 Å². The first-order valence-corrected chi connectivity index (χ1v) is 11.7. The fourth-order valence-corrected chi connectivity index (χ4v) is 4.60. The Morgan fingerprint density at radius 1 is 0.722 bits per heavy atom. The third-order valence-corrected chi connectivity index (χ3v) is 6.35. The Hall–Kier alpha value is -4.71. The highest BCUT2D eigenvalue weighted by atomic mass is 16.2. The number of amides is 4. The van der Waals surface area contributed by atoms with Crippen LogP contribution in [0.25, 0.3) is 0 Å². The van der Waals surface area contributed by atoms with Crippen molar-refractivity contribution in [2.75, 3.05) is 11.9 Å². The minimum atomic E-state index is -1.40. The number of carbonyl (C=O) groups is 3. The van der Waals surface area contributed by atoms with E-state index in [2.05, 4.69) is 10.6 Å². The number of hydrogen-bond acceptors (Lipinski definition) is 3. The van der Waals surface area contributed by atoms with Crippen LogP contribution in [0.4, 0.5) is 10.5 Å². The molecule has 4 aromatic rings. The molecule has 0 bridgehead atoms. The van der Waals surface area contributed by atoms with Gasteiger partial charge in [0, 0.05) is 5.69 Å². The minimum absolute atomic E-state index is 0.397. The van der Waals surface area contributed by atoms with E-state index in [1.165, 1.54) is 0 Å². The first kappa shape index (κ1) is 23.1. The molecule has 1 saturated heterocycles. The van der Waals surface area contributed by atoms with Crippen molar-refractivity contribution < 1.29 is 14.4 Å². The van der Waals surface area contributed by atoms with Crippen LogP contribution in [0, 0.1) is 0 Å². The summed E-state index contributed by atoms with van der Waals surface area (Å²) in [6.45, 7) is -0.397. The molecular formula is C30H25N3O3. The monoisotopic (exact) mass is 475 g/mol. The van der Waals surface area contributed by atoms with Crippen molar-refractivity contribution in [1.29, 1.82) is 0 Å². The molecule has 5 rings (SSSR count). The zero-order valence-corrected chi connectivity index (χ0v) is 19.6. The Labute approximate surface area is 209 Å². The summed E-state index contributed by atoms with van der Waals surface area (Å²) in [6, 6.07) is 35.0. The largest absolute Gasteiger partial charge is 0.326 e. The predicted octanol–water partition coefficient (Wildman–Crippen LogP) is 4.71. The summed E-state index contributed by atoms with van der Waals surface area (Å²) < 4.78 is 0. The number of benzene rings is 4. The Morgan fingerprint density at radius 2 is 1.25 bits per heavy atom.